The number of fused-ring (bicyclic) bond motifs is 1. The van der Waals surface area contributed by atoms with Gasteiger partial charge in [-0.25, -0.2) is 0 Å². The summed E-state index contributed by atoms with van der Waals surface area (Å²) in [6.07, 6.45) is 3.72. The van der Waals surface area contributed by atoms with Gasteiger partial charge in [-0.3, -0.25) is 29.6 Å². The second-order valence-corrected chi connectivity index (χ2v) is 8.43. The number of aromatic nitrogens is 1. The van der Waals surface area contributed by atoms with Crippen LogP contribution >= 0.6 is 0 Å². The van der Waals surface area contributed by atoms with Gasteiger partial charge in [0.05, 0.1) is 5.69 Å². The second-order valence-electron chi connectivity index (χ2n) is 8.43. The van der Waals surface area contributed by atoms with Crippen LogP contribution in [-0.4, -0.2) is 51.1 Å². The van der Waals surface area contributed by atoms with Gasteiger partial charge in [-0.15, -0.1) is 0 Å². The highest BCUT2D eigenvalue weighted by Crippen LogP contribution is 2.31. The average molecular weight is 404 g/mol. The lowest BCUT2D eigenvalue weighted by molar-refractivity contribution is -0.136. The molecular formula is C23H24N4O3. The first-order chi connectivity index (χ1) is 14.5. The molecule has 3 aliphatic heterocycles. The van der Waals surface area contributed by atoms with Crippen LogP contribution in [0.4, 0.5) is 0 Å². The Hall–Kier alpha value is -3.06. The third-order valence-corrected chi connectivity index (χ3v) is 6.49. The molecule has 7 heteroatoms. The van der Waals surface area contributed by atoms with Crippen LogP contribution in [-0.2, 0) is 22.7 Å². The number of rotatable bonds is 4. The van der Waals surface area contributed by atoms with Crippen molar-refractivity contribution in [1.82, 2.24) is 20.1 Å². The van der Waals surface area contributed by atoms with E-state index in [-0.39, 0.29) is 24.1 Å². The Bertz CT molecular complexity index is 1050. The van der Waals surface area contributed by atoms with Gasteiger partial charge in [0.2, 0.25) is 11.8 Å². The summed E-state index contributed by atoms with van der Waals surface area (Å²) >= 11 is 0. The van der Waals surface area contributed by atoms with Crippen molar-refractivity contribution in [2.45, 2.75) is 51.4 Å². The number of carbonyl (C=O) groups is 3. The highest BCUT2D eigenvalue weighted by atomic mass is 16.2. The second kappa shape index (κ2) is 7.32. The molecule has 2 fully saturated rings. The first-order valence-corrected chi connectivity index (χ1v) is 10.5. The van der Waals surface area contributed by atoms with Crippen LogP contribution in [0.15, 0.2) is 36.5 Å². The molecule has 0 saturated carbocycles. The van der Waals surface area contributed by atoms with E-state index in [1.807, 2.05) is 24.4 Å². The monoisotopic (exact) mass is 404 g/mol. The van der Waals surface area contributed by atoms with E-state index >= 15 is 0 Å². The van der Waals surface area contributed by atoms with Gasteiger partial charge in [-0.2, -0.15) is 0 Å². The summed E-state index contributed by atoms with van der Waals surface area (Å²) in [5.74, 6) is -0.817. The van der Waals surface area contributed by atoms with Gasteiger partial charge in [0.1, 0.15) is 6.04 Å². The molecule has 0 aliphatic carbocycles. The minimum absolute atomic E-state index is 0.153. The number of amides is 3. The summed E-state index contributed by atoms with van der Waals surface area (Å²) < 4.78 is 0. The normalized spacial score (nSPS) is 23.9. The van der Waals surface area contributed by atoms with E-state index in [1.165, 1.54) is 12.0 Å². The standard InChI is InChI=1S/C23H24N4O3/c1-14-7-9-26(14)12-15-6-8-24-19(10-15)16-2-3-18-17(11-16)13-27(23(18)30)20-4-5-21(28)25-22(20)29/h2-3,6,8,10-11,14,20H,4-5,7,9,12-13H2,1H3,(H,25,28,29). The fraction of sp³-hybridized carbons (Fsp3) is 0.391. The number of hydrogen-bond donors (Lipinski definition) is 1. The molecule has 0 spiro atoms. The summed E-state index contributed by atoms with van der Waals surface area (Å²) in [6.45, 7) is 4.68. The number of pyridine rings is 1. The van der Waals surface area contributed by atoms with Crippen molar-refractivity contribution < 1.29 is 14.4 Å². The Kier molecular flexibility index (Phi) is 4.62. The number of benzene rings is 1. The molecule has 0 radical (unpaired) electrons. The van der Waals surface area contributed by atoms with Gasteiger partial charge < -0.3 is 4.90 Å². The number of piperidine rings is 1. The molecule has 2 aromatic rings. The Balaban J connectivity index is 1.37. The fourth-order valence-electron chi connectivity index (χ4n) is 4.50. The lowest BCUT2D eigenvalue weighted by Crippen LogP contribution is -2.52. The third-order valence-electron chi connectivity index (χ3n) is 6.49. The van der Waals surface area contributed by atoms with Crippen LogP contribution in [0.5, 0.6) is 0 Å². The van der Waals surface area contributed by atoms with Gasteiger partial charge in [0, 0.05) is 49.4 Å². The summed E-state index contributed by atoms with van der Waals surface area (Å²) in [6, 6.07) is 9.94. The third kappa shape index (κ3) is 3.29. The molecule has 7 nitrogen and oxygen atoms in total. The smallest absolute Gasteiger partial charge is 0.255 e. The summed E-state index contributed by atoms with van der Waals surface area (Å²) in [4.78, 5) is 45.0. The van der Waals surface area contributed by atoms with Crippen molar-refractivity contribution in [3.8, 4) is 11.3 Å². The topological polar surface area (TPSA) is 82.6 Å². The van der Waals surface area contributed by atoms with Crippen LogP contribution in [0.1, 0.15) is 47.7 Å². The highest BCUT2D eigenvalue weighted by Gasteiger charge is 2.39. The number of nitrogens with one attached hydrogen (secondary N) is 1. The lowest BCUT2D eigenvalue weighted by atomic mass is 10.0. The Morgan fingerprint density at radius 2 is 2.00 bits per heavy atom. The highest BCUT2D eigenvalue weighted by molar-refractivity contribution is 6.05. The molecule has 5 rings (SSSR count). The van der Waals surface area contributed by atoms with Crippen LogP contribution in [0, 0.1) is 0 Å². The molecule has 0 bridgehead atoms. The van der Waals surface area contributed by atoms with E-state index < -0.39 is 6.04 Å². The molecule has 1 aromatic carbocycles. The van der Waals surface area contributed by atoms with E-state index in [2.05, 4.69) is 34.3 Å². The molecule has 154 valence electrons. The van der Waals surface area contributed by atoms with Crippen LogP contribution < -0.4 is 5.32 Å². The summed E-state index contributed by atoms with van der Waals surface area (Å²) in [5, 5.41) is 2.34. The maximum Gasteiger partial charge on any atom is 0.255 e. The number of carbonyl (C=O) groups excluding carboxylic acids is 3. The minimum atomic E-state index is -0.592. The molecule has 1 N–H and O–H groups in total. The Morgan fingerprint density at radius 3 is 2.73 bits per heavy atom. The number of likely N-dealkylation sites (tertiary alicyclic amines) is 1. The molecule has 30 heavy (non-hydrogen) atoms. The largest absolute Gasteiger partial charge is 0.322 e. The predicted molar refractivity (Wildman–Crippen MR) is 110 cm³/mol. The van der Waals surface area contributed by atoms with Crippen LogP contribution in [0.25, 0.3) is 11.3 Å². The van der Waals surface area contributed by atoms with Crippen LogP contribution in [0.3, 0.4) is 0 Å². The average Bonchev–Trinajstić information content (AvgIpc) is 3.07. The van der Waals surface area contributed by atoms with Crippen molar-refractivity contribution >= 4 is 17.7 Å². The van der Waals surface area contributed by atoms with E-state index in [0.29, 0.717) is 24.6 Å². The summed E-state index contributed by atoms with van der Waals surface area (Å²) in [5.41, 5.74) is 4.59. The first kappa shape index (κ1) is 18.9. The Labute approximate surface area is 175 Å². The number of hydrogen-bond acceptors (Lipinski definition) is 5. The van der Waals surface area contributed by atoms with Gasteiger partial charge >= 0.3 is 0 Å². The molecular weight excluding hydrogens is 380 g/mol. The van der Waals surface area contributed by atoms with Crippen LogP contribution in [0.2, 0.25) is 0 Å². The Morgan fingerprint density at radius 1 is 1.13 bits per heavy atom. The predicted octanol–water partition coefficient (Wildman–Crippen LogP) is 2.10. The van der Waals surface area contributed by atoms with Gasteiger partial charge in [-0.1, -0.05) is 6.07 Å². The van der Waals surface area contributed by atoms with E-state index in [1.54, 1.807) is 4.90 Å². The van der Waals surface area contributed by atoms with Crippen molar-refractivity contribution in [2.75, 3.05) is 6.54 Å². The SMILES string of the molecule is CC1CCN1Cc1ccnc(-c2ccc3c(c2)CN(C2CCC(=O)NC2=O)C3=O)c1. The lowest BCUT2D eigenvalue weighted by Gasteiger charge is -2.38. The van der Waals surface area contributed by atoms with E-state index in [0.717, 1.165) is 29.9 Å². The maximum atomic E-state index is 12.9. The maximum absolute atomic E-state index is 12.9. The molecule has 2 unspecified atom stereocenters. The zero-order valence-electron chi connectivity index (χ0n) is 16.9. The number of imide groups is 1. The fourth-order valence-corrected chi connectivity index (χ4v) is 4.50. The zero-order valence-corrected chi connectivity index (χ0v) is 16.9. The van der Waals surface area contributed by atoms with Crippen molar-refractivity contribution in [2.24, 2.45) is 0 Å². The van der Waals surface area contributed by atoms with E-state index in [4.69, 9.17) is 0 Å². The molecule has 2 atom stereocenters. The summed E-state index contributed by atoms with van der Waals surface area (Å²) in [7, 11) is 0. The van der Waals surface area contributed by atoms with Gasteiger partial charge in [-0.05, 0) is 55.2 Å². The van der Waals surface area contributed by atoms with Crippen molar-refractivity contribution in [3.05, 3.63) is 53.2 Å². The van der Waals surface area contributed by atoms with Gasteiger partial charge in [0.15, 0.2) is 0 Å². The number of nitrogens with zero attached hydrogens (tertiary/aromatic N) is 3. The molecule has 1 aromatic heterocycles. The zero-order chi connectivity index (χ0) is 20.8. The molecule has 3 amide bonds. The molecule has 3 aliphatic rings. The van der Waals surface area contributed by atoms with Gasteiger partial charge in [0.25, 0.3) is 5.91 Å². The first-order valence-electron chi connectivity index (χ1n) is 10.5. The molecule has 2 saturated heterocycles. The van der Waals surface area contributed by atoms with E-state index in [9.17, 15) is 14.4 Å². The quantitative estimate of drug-likeness (QED) is 0.790. The minimum Gasteiger partial charge on any atom is -0.322 e. The van der Waals surface area contributed by atoms with Crippen molar-refractivity contribution in [1.29, 1.82) is 0 Å². The van der Waals surface area contributed by atoms with Crippen molar-refractivity contribution in [3.63, 3.8) is 0 Å². The molecule has 4 heterocycles.